The van der Waals surface area contributed by atoms with Crippen molar-refractivity contribution in [2.24, 2.45) is 16.5 Å². The minimum atomic E-state index is -1.62. The number of carboxylic acids is 1. The molecule has 8 N–H and O–H groups in total. The molecule has 1 aromatic rings. The molecule has 0 saturated carbocycles. The van der Waals surface area contributed by atoms with Crippen LogP contribution in [-0.2, 0) is 28.7 Å². The van der Waals surface area contributed by atoms with Gasteiger partial charge in [-0.25, -0.2) is 9.59 Å². The average Bonchev–Trinajstić information content (AvgIpc) is 3.11. The molecule has 1 aromatic carbocycles. The maximum absolute atomic E-state index is 13.0. The SMILES string of the molecule is CC(C)OC(=O)C(NC(=O)C(CC(=O)O)NC(=O)CN1C(=O)NC(CCCN=C(N)N)C1=O)c1ccccc1. The Morgan fingerprint density at radius 3 is 2.38 bits per heavy atom. The highest BCUT2D eigenvalue weighted by Crippen LogP contribution is 2.16. The van der Waals surface area contributed by atoms with E-state index in [9.17, 15) is 33.9 Å². The number of carboxylic acid groups (broad SMARTS) is 1. The molecule has 3 unspecified atom stereocenters. The van der Waals surface area contributed by atoms with Gasteiger partial charge in [0, 0.05) is 6.54 Å². The van der Waals surface area contributed by atoms with Crippen molar-refractivity contribution in [1.29, 1.82) is 0 Å². The molecule has 1 heterocycles. The van der Waals surface area contributed by atoms with Crippen molar-refractivity contribution in [1.82, 2.24) is 20.9 Å². The molecule has 0 aliphatic carbocycles. The van der Waals surface area contributed by atoms with Crippen LogP contribution in [0.3, 0.4) is 0 Å². The molecule has 39 heavy (non-hydrogen) atoms. The molecule has 0 aromatic heterocycles. The summed E-state index contributed by atoms with van der Waals surface area (Å²) in [6, 6.07) is 3.51. The van der Waals surface area contributed by atoms with Gasteiger partial charge in [0.05, 0.1) is 12.5 Å². The number of ether oxygens (including phenoxy) is 1. The third kappa shape index (κ3) is 9.60. The summed E-state index contributed by atoms with van der Waals surface area (Å²) in [4.78, 5) is 79.1. The predicted molar refractivity (Wildman–Crippen MR) is 137 cm³/mol. The van der Waals surface area contributed by atoms with E-state index in [-0.39, 0.29) is 18.9 Å². The Kier molecular flexibility index (Phi) is 11.2. The number of guanidine groups is 1. The topological polar surface area (TPSA) is 236 Å². The maximum Gasteiger partial charge on any atom is 0.333 e. The number of hydrogen-bond donors (Lipinski definition) is 6. The summed E-state index contributed by atoms with van der Waals surface area (Å²) in [6.07, 6.45) is -0.713. The number of aliphatic imine (C=N–C) groups is 1. The Morgan fingerprint density at radius 1 is 1.13 bits per heavy atom. The number of nitrogens with one attached hydrogen (secondary N) is 3. The van der Waals surface area contributed by atoms with Crippen molar-refractivity contribution in [2.45, 2.75) is 57.3 Å². The van der Waals surface area contributed by atoms with Crippen molar-refractivity contribution in [2.75, 3.05) is 13.1 Å². The van der Waals surface area contributed by atoms with Crippen molar-refractivity contribution >= 4 is 41.7 Å². The standard InChI is InChI=1S/C24H33N7O8/c1-13(2)39-22(37)19(14-7-4-3-5-8-14)30-20(35)16(11-18(33)34)28-17(32)12-31-21(36)15(29-24(31)38)9-6-10-27-23(25)26/h3-5,7-8,13,15-16,19H,6,9-12H2,1-2H3,(H,28,32)(H,29,38)(H,30,35)(H,33,34)(H4,25,26,27). The Hall–Kier alpha value is -4.69. The molecule has 1 saturated heterocycles. The molecule has 15 heteroatoms. The summed E-state index contributed by atoms with van der Waals surface area (Å²) in [7, 11) is 0. The summed E-state index contributed by atoms with van der Waals surface area (Å²) >= 11 is 0. The zero-order chi connectivity index (χ0) is 29.1. The Morgan fingerprint density at radius 2 is 1.79 bits per heavy atom. The Labute approximate surface area is 224 Å². The van der Waals surface area contributed by atoms with Gasteiger partial charge in [-0.15, -0.1) is 0 Å². The first kappa shape index (κ1) is 30.5. The summed E-state index contributed by atoms with van der Waals surface area (Å²) in [5, 5.41) is 16.4. The van der Waals surface area contributed by atoms with Gasteiger partial charge in [0.15, 0.2) is 12.0 Å². The minimum Gasteiger partial charge on any atom is -0.481 e. The van der Waals surface area contributed by atoms with Gasteiger partial charge in [0.2, 0.25) is 11.8 Å². The molecule has 1 fully saturated rings. The van der Waals surface area contributed by atoms with Gasteiger partial charge in [-0.1, -0.05) is 30.3 Å². The fourth-order valence-electron chi connectivity index (χ4n) is 3.66. The predicted octanol–water partition coefficient (Wildman–Crippen LogP) is -1.27. The average molecular weight is 548 g/mol. The monoisotopic (exact) mass is 547 g/mol. The lowest BCUT2D eigenvalue weighted by atomic mass is 10.1. The molecule has 5 amide bonds. The van der Waals surface area contributed by atoms with E-state index in [0.717, 1.165) is 0 Å². The van der Waals surface area contributed by atoms with Crippen LogP contribution in [-0.4, -0.2) is 82.9 Å². The lowest BCUT2D eigenvalue weighted by molar-refractivity contribution is -0.152. The fraction of sp³-hybridized carbons (Fsp3) is 0.458. The van der Waals surface area contributed by atoms with Crippen LogP contribution in [0.2, 0.25) is 0 Å². The number of benzene rings is 1. The molecule has 0 spiro atoms. The number of imide groups is 1. The summed E-state index contributed by atoms with van der Waals surface area (Å²) < 4.78 is 5.21. The van der Waals surface area contributed by atoms with Crippen molar-refractivity contribution in [3.05, 3.63) is 35.9 Å². The van der Waals surface area contributed by atoms with Gasteiger partial charge < -0.3 is 37.3 Å². The van der Waals surface area contributed by atoms with Crippen LogP contribution in [0, 0.1) is 0 Å². The lowest BCUT2D eigenvalue weighted by Gasteiger charge is -2.23. The second kappa shape index (κ2) is 14.3. The quantitative estimate of drug-likeness (QED) is 0.0531. The number of nitrogens with two attached hydrogens (primary N) is 2. The number of esters is 1. The minimum absolute atomic E-state index is 0.109. The summed E-state index contributed by atoms with van der Waals surface area (Å²) in [6.45, 7) is 2.73. The Bertz CT molecular complexity index is 1100. The smallest absolute Gasteiger partial charge is 0.333 e. The van der Waals surface area contributed by atoms with Crippen LogP contribution in [0.1, 0.15) is 44.7 Å². The molecule has 212 valence electrons. The van der Waals surface area contributed by atoms with Gasteiger partial charge in [0.25, 0.3) is 5.91 Å². The first-order valence-electron chi connectivity index (χ1n) is 12.1. The van der Waals surface area contributed by atoms with Crippen molar-refractivity contribution in [3.8, 4) is 0 Å². The number of amides is 5. The van der Waals surface area contributed by atoms with Gasteiger partial charge in [-0.3, -0.25) is 29.1 Å². The number of carbonyl (C=O) groups excluding carboxylic acids is 5. The van der Waals surface area contributed by atoms with E-state index in [1.54, 1.807) is 44.2 Å². The van der Waals surface area contributed by atoms with Crippen LogP contribution >= 0.6 is 0 Å². The van der Waals surface area contributed by atoms with Crippen LogP contribution in [0.25, 0.3) is 0 Å². The molecular weight excluding hydrogens is 514 g/mol. The van der Waals surface area contributed by atoms with Crippen molar-refractivity contribution in [3.63, 3.8) is 0 Å². The van der Waals surface area contributed by atoms with E-state index in [1.807, 2.05) is 0 Å². The van der Waals surface area contributed by atoms with Crippen molar-refractivity contribution < 1.29 is 38.6 Å². The highest BCUT2D eigenvalue weighted by molar-refractivity contribution is 6.06. The van der Waals surface area contributed by atoms with E-state index in [4.69, 9.17) is 16.2 Å². The van der Waals surface area contributed by atoms with E-state index in [1.165, 1.54) is 0 Å². The molecule has 0 radical (unpaired) electrons. The highest BCUT2D eigenvalue weighted by Gasteiger charge is 2.39. The maximum atomic E-state index is 13.0. The number of hydrogen-bond acceptors (Lipinski definition) is 8. The molecule has 1 aliphatic rings. The molecule has 3 atom stereocenters. The summed E-state index contributed by atoms with van der Waals surface area (Å²) in [5.41, 5.74) is 10.9. The highest BCUT2D eigenvalue weighted by atomic mass is 16.5. The third-order valence-corrected chi connectivity index (χ3v) is 5.39. The van der Waals surface area contributed by atoms with Gasteiger partial charge in [0.1, 0.15) is 18.6 Å². The second-order valence-electron chi connectivity index (χ2n) is 8.93. The van der Waals surface area contributed by atoms with E-state index in [0.29, 0.717) is 16.9 Å². The summed E-state index contributed by atoms with van der Waals surface area (Å²) in [5.74, 6) is -4.90. The molecule has 15 nitrogen and oxygen atoms in total. The van der Waals surface area contributed by atoms with Gasteiger partial charge >= 0.3 is 18.0 Å². The van der Waals surface area contributed by atoms with Crippen LogP contribution in [0.4, 0.5) is 4.79 Å². The van der Waals surface area contributed by atoms with Crippen LogP contribution < -0.4 is 27.4 Å². The third-order valence-electron chi connectivity index (χ3n) is 5.39. The van der Waals surface area contributed by atoms with E-state index in [2.05, 4.69) is 20.9 Å². The Balaban J connectivity index is 2.08. The molecular formula is C24H33N7O8. The van der Waals surface area contributed by atoms with Crippen LogP contribution in [0.15, 0.2) is 35.3 Å². The zero-order valence-electron chi connectivity index (χ0n) is 21.6. The van der Waals surface area contributed by atoms with Crippen LogP contribution in [0.5, 0.6) is 0 Å². The fourth-order valence-corrected chi connectivity index (χ4v) is 3.66. The first-order valence-corrected chi connectivity index (χ1v) is 12.1. The zero-order valence-corrected chi connectivity index (χ0v) is 21.6. The first-order chi connectivity index (χ1) is 18.4. The number of rotatable bonds is 14. The largest absolute Gasteiger partial charge is 0.481 e. The number of carbonyl (C=O) groups is 6. The molecule has 2 rings (SSSR count). The molecule has 1 aliphatic heterocycles. The van der Waals surface area contributed by atoms with E-state index < -0.39 is 72.9 Å². The number of aliphatic carboxylic acids is 1. The van der Waals surface area contributed by atoms with E-state index >= 15 is 0 Å². The molecule has 0 bridgehead atoms. The number of urea groups is 1. The number of nitrogens with zero attached hydrogens (tertiary/aromatic N) is 2. The normalized spacial score (nSPS) is 16.2. The van der Waals surface area contributed by atoms with Gasteiger partial charge in [-0.2, -0.15) is 0 Å². The lowest BCUT2D eigenvalue weighted by Crippen LogP contribution is -2.52. The second-order valence-corrected chi connectivity index (χ2v) is 8.93. The van der Waals surface area contributed by atoms with Gasteiger partial charge in [-0.05, 0) is 32.3 Å².